The van der Waals surface area contributed by atoms with Crippen molar-refractivity contribution < 1.29 is 14.3 Å². The Kier molecular flexibility index (Phi) is 11.2. The quantitative estimate of drug-likeness (QED) is 0.326. The van der Waals surface area contributed by atoms with E-state index in [1.807, 2.05) is 0 Å². The number of nitrogens with zero attached hydrogens (tertiary/aromatic N) is 4. The zero-order valence-electron chi connectivity index (χ0n) is 22.1. The van der Waals surface area contributed by atoms with Crippen LogP contribution in [0.2, 0.25) is 0 Å². The van der Waals surface area contributed by atoms with Crippen LogP contribution in [0.25, 0.3) is 0 Å². The van der Waals surface area contributed by atoms with E-state index in [0.29, 0.717) is 42.3 Å². The molecule has 1 aromatic heterocycles. The van der Waals surface area contributed by atoms with Gasteiger partial charge >= 0.3 is 6.09 Å². The summed E-state index contributed by atoms with van der Waals surface area (Å²) in [5.41, 5.74) is 1.43. The van der Waals surface area contributed by atoms with Gasteiger partial charge in [0.1, 0.15) is 18.0 Å². The Bertz CT molecular complexity index is 1160. The monoisotopic (exact) mass is 505 g/mol. The van der Waals surface area contributed by atoms with Gasteiger partial charge in [-0.1, -0.05) is 18.8 Å². The Hall–Kier alpha value is -4.31. The molecule has 10 heteroatoms. The van der Waals surface area contributed by atoms with Crippen molar-refractivity contribution in [1.82, 2.24) is 20.2 Å². The first-order valence-corrected chi connectivity index (χ1v) is 12.2. The molecule has 37 heavy (non-hydrogen) atoms. The molecule has 10 nitrogen and oxygen atoms in total. The summed E-state index contributed by atoms with van der Waals surface area (Å²) in [5.74, 6) is 7.01. The number of hydrogen-bond acceptors (Lipinski definition) is 8. The molecule has 0 spiro atoms. The van der Waals surface area contributed by atoms with Crippen LogP contribution in [-0.2, 0) is 9.53 Å². The summed E-state index contributed by atoms with van der Waals surface area (Å²) in [5, 5.41) is 18.1. The maximum Gasteiger partial charge on any atom is 0.410 e. The third-order valence-corrected chi connectivity index (χ3v) is 4.71. The molecular formula is C27H35N7O3. The molecular weight excluding hydrogens is 470 g/mol. The van der Waals surface area contributed by atoms with E-state index in [1.165, 1.54) is 11.9 Å². The summed E-state index contributed by atoms with van der Waals surface area (Å²) in [6.45, 7) is 8.50. The van der Waals surface area contributed by atoms with Crippen molar-refractivity contribution in [3.63, 3.8) is 0 Å². The number of unbranched alkanes of at least 4 members (excludes halogenated alkanes) is 1. The summed E-state index contributed by atoms with van der Waals surface area (Å²) >= 11 is 0. The van der Waals surface area contributed by atoms with Crippen molar-refractivity contribution in [2.24, 2.45) is 0 Å². The fourth-order valence-electron chi connectivity index (χ4n) is 2.91. The maximum atomic E-state index is 12.1. The SMILES string of the molecule is CCCNc1nc(Nc2ccc(C#N)cc2)ncc1C#CCCCNC(=O)CN(C)C(=O)OC(C)(C)C. The van der Waals surface area contributed by atoms with Gasteiger partial charge in [-0.3, -0.25) is 4.79 Å². The number of ether oxygens (including phenoxy) is 1. The minimum absolute atomic E-state index is 0.0762. The Balaban J connectivity index is 1.87. The molecule has 0 bridgehead atoms. The number of amides is 2. The van der Waals surface area contributed by atoms with Gasteiger partial charge in [0.2, 0.25) is 11.9 Å². The van der Waals surface area contributed by atoms with Crippen LogP contribution in [-0.4, -0.2) is 59.2 Å². The largest absolute Gasteiger partial charge is 0.444 e. The van der Waals surface area contributed by atoms with Crippen molar-refractivity contribution >= 4 is 29.5 Å². The second-order valence-corrected chi connectivity index (χ2v) is 9.29. The minimum Gasteiger partial charge on any atom is -0.444 e. The van der Waals surface area contributed by atoms with Gasteiger partial charge in [0, 0.05) is 32.2 Å². The highest BCUT2D eigenvalue weighted by Gasteiger charge is 2.20. The number of nitriles is 1. The molecule has 3 N–H and O–H groups in total. The zero-order valence-corrected chi connectivity index (χ0v) is 22.1. The fraction of sp³-hybridized carbons (Fsp3) is 0.444. The molecule has 196 valence electrons. The second kappa shape index (κ2) is 14.3. The summed E-state index contributed by atoms with van der Waals surface area (Å²) in [7, 11) is 1.52. The number of nitrogens with one attached hydrogen (secondary N) is 3. The van der Waals surface area contributed by atoms with Crippen LogP contribution >= 0.6 is 0 Å². The average Bonchev–Trinajstić information content (AvgIpc) is 2.85. The van der Waals surface area contributed by atoms with E-state index in [4.69, 9.17) is 10.00 Å². The van der Waals surface area contributed by atoms with Crippen molar-refractivity contribution in [2.75, 3.05) is 37.3 Å². The van der Waals surface area contributed by atoms with E-state index in [2.05, 4.69) is 50.8 Å². The molecule has 0 saturated heterocycles. The molecule has 1 aromatic carbocycles. The number of anilines is 3. The number of carbonyl (C=O) groups excluding carboxylic acids is 2. The van der Waals surface area contributed by atoms with E-state index in [1.54, 1.807) is 51.2 Å². The highest BCUT2D eigenvalue weighted by atomic mass is 16.6. The van der Waals surface area contributed by atoms with Gasteiger partial charge < -0.3 is 25.6 Å². The summed E-state index contributed by atoms with van der Waals surface area (Å²) in [4.78, 5) is 34.2. The van der Waals surface area contributed by atoms with E-state index < -0.39 is 11.7 Å². The fourth-order valence-corrected chi connectivity index (χ4v) is 2.91. The third kappa shape index (κ3) is 10.9. The number of benzene rings is 1. The molecule has 2 amide bonds. The van der Waals surface area contributed by atoms with Crippen molar-refractivity contribution in [1.29, 1.82) is 5.26 Å². The minimum atomic E-state index is -0.612. The lowest BCUT2D eigenvalue weighted by molar-refractivity contribution is -0.122. The summed E-state index contributed by atoms with van der Waals surface area (Å²) < 4.78 is 5.24. The van der Waals surface area contributed by atoms with Gasteiger partial charge in [0.25, 0.3) is 0 Å². The van der Waals surface area contributed by atoms with Crippen molar-refractivity contribution in [2.45, 2.75) is 52.6 Å². The molecule has 0 aliphatic heterocycles. The van der Waals surface area contributed by atoms with Gasteiger partial charge in [0.05, 0.1) is 23.4 Å². The van der Waals surface area contributed by atoms with Gasteiger partial charge in [0.15, 0.2) is 0 Å². The molecule has 2 aromatic rings. The second-order valence-electron chi connectivity index (χ2n) is 9.29. The smallest absolute Gasteiger partial charge is 0.410 e. The number of aromatic nitrogens is 2. The standard InChI is InChI=1S/C27H35N7O3/c1-6-15-30-24-21(18-31-25(33-24)32-22-13-11-20(17-28)12-14-22)10-8-7-9-16-29-23(35)19-34(5)26(36)37-27(2,3)4/h11-14,18H,6-7,9,15-16,19H2,1-5H3,(H,29,35)(H2,30,31,32,33). The highest BCUT2D eigenvalue weighted by Crippen LogP contribution is 2.18. The average molecular weight is 506 g/mol. The van der Waals surface area contributed by atoms with Crippen molar-refractivity contribution in [3.05, 3.63) is 41.6 Å². The van der Waals surface area contributed by atoms with E-state index >= 15 is 0 Å². The summed E-state index contributed by atoms with van der Waals surface area (Å²) in [6.07, 6.45) is 3.28. The first-order valence-electron chi connectivity index (χ1n) is 12.2. The molecule has 0 fully saturated rings. The van der Waals surface area contributed by atoms with Gasteiger partial charge in [-0.25, -0.2) is 9.78 Å². The molecule has 1 heterocycles. The van der Waals surface area contributed by atoms with Crippen LogP contribution in [0.15, 0.2) is 30.5 Å². The van der Waals surface area contributed by atoms with Gasteiger partial charge in [-0.2, -0.15) is 10.2 Å². The Morgan fingerprint density at radius 2 is 1.89 bits per heavy atom. The molecule has 0 saturated carbocycles. The van der Waals surface area contributed by atoms with Crippen LogP contribution in [0.1, 0.15) is 58.1 Å². The number of rotatable bonds is 10. The molecule has 2 rings (SSSR count). The van der Waals surface area contributed by atoms with Crippen molar-refractivity contribution in [3.8, 4) is 17.9 Å². The topological polar surface area (TPSA) is 132 Å². The predicted octanol–water partition coefficient (Wildman–Crippen LogP) is 4.03. The van der Waals surface area contributed by atoms with Crippen LogP contribution < -0.4 is 16.0 Å². The number of carbonyl (C=O) groups is 2. The van der Waals surface area contributed by atoms with E-state index in [0.717, 1.165) is 18.7 Å². The van der Waals surface area contributed by atoms with E-state index in [-0.39, 0.29) is 12.5 Å². The van der Waals surface area contributed by atoms with Gasteiger partial charge in [-0.15, -0.1) is 0 Å². The third-order valence-electron chi connectivity index (χ3n) is 4.71. The molecule has 0 atom stereocenters. The maximum absolute atomic E-state index is 12.1. The molecule has 0 unspecified atom stereocenters. The first-order chi connectivity index (χ1) is 17.6. The van der Waals surface area contributed by atoms with Crippen LogP contribution in [0, 0.1) is 23.2 Å². The zero-order chi connectivity index (χ0) is 27.3. The molecule has 0 radical (unpaired) electrons. The Labute approximate surface area is 218 Å². The van der Waals surface area contributed by atoms with Crippen LogP contribution in [0.5, 0.6) is 0 Å². The lowest BCUT2D eigenvalue weighted by Gasteiger charge is -2.24. The van der Waals surface area contributed by atoms with Gasteiger partial charge in [-0.05, 0) is 57.9 Å². The lowest BCUT2D eigenvalue weighted by atomic mass is 10.2. The molecule has 0 aliphatic rings. The predicted molar refractivity (Wildman–Crippen MR) is 143 cm³/mol. The Morgan fingerprint density at radius 1 is 1.16 bits per heavy atom. The van der Waals surface area contributed by atoms with E-state index in [9.17, 15) is 9.59 Å². The Morgan fingerprint density at radius 3 is 2.54 bits per heavy atom. The molecule has 0 aliphatic carbocycles. The summed E-state index contributed by atoms with van der Waals surface area (Å²) in [6, 6.07) is 9.12. The van der Waals surface area contributed by atoms with Crippen LogP contribution in [0.3, 0.4) is 0 Å². The van der Waals surface area contributed by atoms with Crippen LogP contribution in [0.4, 0.5) is 22.2 Å². The number of likely N-dealkylation sites (N-methyl/N-ethyl adjacent to an activating group) is 1. The normalized spacial score (nSPS) is 10.4. The lowest BCUT2D eigenvalue weighted by Crippen LogP contribution is -2.41. The first kappa shape index (κ1) is 28.9. The highest BCUT2D eigenvalue weighted by molar-refractivity contribution is 5.82. The number of hydrogen-bond donors (Lipinski definition) is 3.